The highest BCUT2D eigenvalue weighted by atomic mass is 35.5. The highest BCUT2D eigenvalue weighted by Gasteiger charge is 2.79. The average molecular weight is 399 g/mol. The van der Waals surface area contributed by atoms with Crippen LogP contribution in [0, 0.1) is 5.41 Å². The molecule has 3 aliphatic rings. The molecule has 142 valence electrons. The molecule has 3 fully saturated rings. The van der Waals surface area contributed by atoms with Gasteiger partial charge < -0.3 is 10.6 Å². The van der Waals surface area contributed by atoms with Crippen molar-refractivity contribution in [2.45, 2.75) is 37.3 Å². The van der Waals surface area contributed by atoms with E-state index in [0.717, 1.165) is 0 Å². The molecule has 26 heavy (non-hydrogen) atoms. The molecule has 0 radical (unpaired) electrons. The Morgan fingerprint density at radius 1 is 1.19 bits per heavy atom. The van der Waals surface area contributed by atoms with E-state index in [1.165, 1.54) is 7.05 Å². The third-order valence-electron chi connectivity index (χ3n) is 4.90. The van der Waals surface area contributed by atoms with Crippen LogP contribution in [0.4, 0.5) is 27.6 Å². The van der Waals surface area contributed by atoms with E-state index in [9.17, 15) is 31.5 Å². The summed E-state index contributed by atoms with van der Waals surface area (Å²) in [5, 5.41) is 3.63. The lowest BCUT2D eigenvalue weighted by atomic mass is 9.33. The van der Waals surface area contributed by atoms with Gasteiger partial charge in [0, 0.05) is 12.5 Å². The molecule has 0 spiro atoms. The maximum atomic E-state index is 13.1. The van der Waals surface area contributed by atoms with Gasteiger partial charge in [0.15, 0.2) is 5.69 Å². The topological polar surface area (TPSA) is 84.0 Å². The first-order valence-electron chi connectivity index (χ1n) is 7.41. The van der Waals surface area contributed by atoms with Crippen LogP contribution in [-0.2, 0) is 10.2 Å². The lowest BCUT2D eigenvalue weighted by molar-refractivity contribution is -0.337. The second-order valence-electron chi connectivity index (χ2n) is 6.52. The van der Waals surface area contributed by atoms with Crippen LogP contribution in [0.3, 0.4) is 0 Å². The Labute approximate surface area is 148 Å². The summed E-state index contributed by atoms with van der Waals surface area (Å²) in [6.45, 7) is 0. The lowest BCUT2D eigenvalue weighted by Gasteiger charge is -2.70. The third-order valence-corrected chi connectivity index (χ3v) is 5.07. The van der Waals surface area contributed by atoms with E-state index >= 15 is 0 Å². The molecule has 12 heteroatoms. The molecule has 3 aliphatic carbocycles. The molecule has 2 bridgehead atoms. The number of anilines is 1. The Bertz CT molecular complexity index is 779. The molecule has 0 saturated heterocycles. The standard InChI is InChI=1S/C14H12ClF5N4O2/c1-21-9(25)6-5(22-10(26)8(16)17)7(24-11(15)23-6)12-2-13(3-12,4-12)14(18,19)20/h8H,2-4H2,1H3,(H,21,25)(H,22,26). The fraction of sp³-hybridized carbons (Fsp3) is 0.571. The average Bonchev–Trinajstić information content (AvgIpc) is 2.43. The van der Waals surface area contributed by atoms with Crippen molar-refractivity contribution in [2.24, 2.45) is 5.41 Å². The predicted octanol–water partition coefficient (Wildman–Crippen LogP) is 2.68. The van der Waals surface area contributed by atoms with E-state index in [2.05, 4.69) is 15.3 Å². The number of nitrogens with zero attached hydrogens (tertiary/aromatic N) is 2. The summed E-state index contributed by atoms with van der Waals surface area (Å²) in [7, 11) is 1.23. The van der Waals surface area contributed by atoms with Crippen molar-refractivity contribution in [3.05, 3.63) is 16.7 Å². The zero-order valence-electron chi connectivity index (χ0n) is 13.2. The molecule has 2 amide bonds. The van der Waals surface area contributed by atoms with Gasteiger partial charge >= 0.3 is 12.6 Å². The summed E-state index contributed by atoms with van der Waals surface area (Å²) in [5.74, 6) is -2.57. The van der Waals surface area contributed by atoms with Crippen molar-refractivity contribution in [1.82, 2.24) is 15.3 Å². The Kier molecular flexibility index (Phi) is 4.13. The molecule has 1 heterocycles. The fourth-order valence-electron chi connectivity index (χ4n) is 3.74. The lowest BCUT2D eigenvalue weighted by Crippen LogP contribution is -2.70. The first-order chi connectivity index (χ1) is 11.9. The first-order valence-corrected chi connectivity index (χ1v) is 7.78. The van der Waals surface area contributed by atoms with Gasteiger partial charge in [0.1, 0.15) is 0 Å². The second-order valence-corrected chi connectivity index (χ2v) is 6.86. The third kappa shape index (κ3) is 2.60. The van der Waals surface area contributed by atoms with Crippen LogP contribution in [-0.4, -0.2) is 41.4 Å². The van der Waals surface area contributed by atoms with Gasteiger partial charge in [0.05, 0.1) is 16.8 Å². The number of hydrogen-bond donors (Lipinski definition) is 2. The second kappa shape index (κ2) is 5.73. The van der Waals surface area contributed by atoms with Crippen molar-refractivity contribution in [2.75, 3.05) is 12.4 Å². The van der Waals surface area contributed by atoms with Crippen molar-refractivity contribution in [1.29, 1.82) is 0 Å². The van der Waals surface area contributed by atoms with E-state index in [1.807, 2.05) is 5.32 Å². The number of rotatable bonds is 4. The van der Waals surface area contributed by atoms with Crippen molar-refractivity contribution >= 4 is 29.1 Å². The normalized spacial score (nSPS) is 26.8. The quantitative estimate of drug-likeness (QED) is 0.603. The van der Waals surface area contributed by atoms with Gasteiger partial charge in [-0.2, -0.15) is 22.0 Å². The largest absolute Gasteiger partial charge is 0.394 e. The maximum absolute atomic E-state index is 13.1. The highest BCUT2D eigenvalue weighted by molar-refractivity contribution is 6.28. The fourth-order valence-corrected chi connectivity index (χ4v) is 3.90. The summed E-state index contributed by atoms with van der Waals surface area (Å²) < 4.78 is 64.5. The number of carbonyl (C=O) groups is 2. The number of carbonyl (C=O) groups excluding carboxylic acids is 2. The van der Waals surface area contributed by atoms with E-state index in [4.69, 9.17) is 11.6 Å². The van der Waals surface area contributed by atoms with Crippen molar-refractivity contribution in [3.8, 4) is 0 Å². The first kappa shape index (κ1) is 18.7. The van der Waals surface area contributed by atoms with Crippen LogP contribution in [0.25, 0.3) is 0 Å². The summed E-state index contributed by atoms with van der Waals surface area (Å²) in [4.78, 5) is 30.9. The highest BCUT2D eigenvalue weighted by Crippen LogP contribution is 2.79. The SMILES string of the molecule is CNC(=O)c1nc(Cl)nc(C23CC(C(F)(F)F)(C2)C3)c1NC(=O)C(F)F. The molecular formula is C14H12ClF5N4O2. The summed E-state index contributed by atoms with van der Waals surface area (Å²) in [5.41, 5.74) is -3.98. The summed E-state index contributed by atoms with van der Waals surface area (Å²) >= 11 is 5.77. The Morgan fingerprint density at radius 2 is 1.77 bits per heavy atom. The van der Waals surface area contributed by atoms with Gasteiger partial charge in [-0.25, -0.2) is 9.97 Å². The Morgan fingerprint density at radius 3 is 2.23 bits per heavy atom. The number of halogens is 6. The summed E-state index contributed by atoms with van der Waals surface area (Å²) in [6, 6.07) is 0. The molecule has 6 nitrogen and oxygen atoms in total. The van der Waals surface area contributed by atoms with Crippen LogP contribution in [0.2, 0.25) is 5.28 Å². The number of aromatic nitrogens is 2. The minimum atomic E-state index is -4.40. The molecule has 0 aliphatic heterocycles. The van der Waals surface area contributed by atoms with Crippen molar-refractivity contribution < 1.29 is 31.5 Å². The van der Waals surface area contributed by atoms with Crippen LogP contribution < -0.4 is 10.6 Å². The Hall–Kier alpha value is -2.04. The van der Waals surface area contributed by atoms with Gasteiger partial charge in [0.25, 0.3) is 11.8 Å². The maximum Gasteiger partial charge on any atom is 0.394 e. The van der Waals surface area contributed by atoms with E-state index in [-0.39, 0.29) is 25.0 Å². The smallest absolute Gasteiger partial charge is 0.354 e. The molecule has 1 aromatic heterocycles. The molecule has 0 atom stereocenters. The van der Waals surface area contributed by atoms with Gasteiger partial charge in [-0.3, -0.25) is 9.59 Å². The molecular weight excluding hydrogens is 387 g/mol. The van der Waals surface area contributed by atoms with Crippen LogP contribution in [0.5, 0.6) is 0 Å². The van der Waals surface area contributed by atoms with Crippen LogP contribution in [0.1, 0.15) is 35.4 Å². The molecule has 0 aromatic carbocycles. The van der Waals surface area contributed by atoms with Gasteiger partial charge in [-0.05, 0) is 30.9 Å². The minimum Gasteiger partial charge on any atom is -0.354 e. The van der Waals surface area contributed by atoms with Gasteiger partial charge in [-0.1, -0.05) is 0 Å². The number of nitrogens with one attached hydrogen (secondary N) is 2. The predicted molar refractivity (Wildman–Crippen MR) is 79.1 cm³/mol. The Balaban J connectivity index is 2.04. The zero-order valence-corrected chi connectivity index (χ0v) is 13.9. The van der Waals surface area contributed by atoms with E-state index in [1.54, 1.807) is 0 Å². The van der Waals surface area contributed by atoms with Gasteiger partial charge in [0.2, 0.25) is 5.28 Å². The zero-order chi connectivity index (χ0) is 19.5. The number of amides is 2. The molecule has 1 aromatic rings. The number of hydrogen-bond acceptors (Lipinski definition) is 4. The summed E-state index contributed by atoms with van der Waals surface area (Å²) in [6.07, 6.45) is -8.75. The molecule has 0 unspecified atom stereocenters. The van der Waals surface area contributed by atoms with Crippen LogP contribution in [0.15, 0.2) is 0 Å². The minimum absolute atomic E-state index is 0.128. The van der Waals surface area contributed by atoms with Crippen LogP contribution >= 0.6 is 11.6 Å². The molecule has 3 saturated carbocycles. The van der Waals surface area contributed by atoms with E-state index < -0.39 is 51.9 Å². The number of alkyl halides is 5. The monoisotopic (exact) mass is 398 g/mol. The van der Waals surface area contributed by atoms with Gasteiger partial charge in [-0.15, -0.1) is 0 Å². The van der Waals surface area contributed by atoms with Crippen molar-refractivity contribution in [3.63, 3.8) is 0 Å². The molecule has 4 rings (SSSR count). The molecule has 2 N–H and O–H groups in total. The van der Waals surface area contributed by atoms with E-state index in [0.29, 0.717) is 0 Å².